The minimum Gasteiger partial charge on any atom is -0.221 e. The van der Waals surface area contributed by atoms with E-state index in [-0.39, 0.29) is 0 Å². The summed E-state index contributed by atoms with van der Waals surface area (Å²) in [5.74, 6) is 0.567. The summed E-state index contributed by atoms with van der Waals surface area (Å²) in [6.45, 7) is 8.35. The monoisotopic (exact) mass is 157 g/mol. The SMILES string of the molecule is C/C=C\S/N=C(\C)C(C)C. The first-order valence-corrected chi connectivity index (χ1v) is 4.33. The molecule has 0 saturated heterocycles. The first kappa shape index (κ1) is 9.76. The van der Waals surface area contributed by atoms with E-state index in [2.05, 4.69) is 25.2 Å². The number of nitrogens with zero attached hydrogens (tertiary/aromatic N) is 1. The summed E-state index contributed by atoms with van der Waals surface area (Å²) in [7, 11) is 0. The van der Waals surface area contributed by atoms with Crippen LogP contribution >= 0.6 is 11.9 Å². The van der Waals surface area contributed by atoms with Crippen LogP contribution in [0.2, 0.25) is 0 Å². The van der Waals surface area contributed by atoms with Crippen molar-refractivity contribution in [3.63, 3.8) is 0 Å². The maximum absolute atomic E-state index is 4.26. The lowest BCUT2D eigenvalue weighted by molar-refractivity contribution is 0.882. The van der Waals surface area contributed by atoms with Crippen molar-refractivity contribution in [1.29, 1.82) is 0 Å². The van der Waals surface area contributed by atoms with E-state index in [1.54, 1.807) is 0 Å². The zero-order chi connectivity index (χ0) is 7.98. The van der Waals surface area contributed by atoms with Crippen LogP contribution < -0.4 is 0 Å². The molecule has 0 radical (unpaired) electrons. The van der Waals surface area contributed by atoms with Gasteiger partial charge in [0.2, 0.25) is 0 Å². The van der Waals surface area contributed by atoms with Gasteiger partial charge in [0.15, 0.2) is 0 Å². The Labute approximate surface area is 67.8 Å². The third-order valence-corrected chi connectivity index (χ3v) is 2.02. The molecule has 0 aliphatic heterocycles. The molecule has 0 aliphatic rings. The molecular weight excluding hydrogens is 142 g/mol. The summed E-state index contributed by atoms with van der Waals surface area (Å²) in [5.41, 5.74) is 1.20. The Morgan fingerprint density at radius 3 is 2.50 bits per heavy atom. The van der Waals surface area contributed by atoms with Gasteiger partial charge in [0.1, 0.15) is 0 Å². The summed E-state index contributed by atoms with van der Waals surface area (Å²) in [6.07, 6.45) is 1.99. The Morgan fingerprint density at radius 1 is 1.50 bits per heavy atom. The minimum absolute atomic E-state index is 0.567. The van der Waals surface area contributed by atoms with Gasteiger partial charge in [-0.1, -0.05) is 19.9 Å². The van der Waals surface area contributed by atoms with Crippen LogP contribution in [-0.4, -0.2) is 5.71 Å². The molecule has 0 saturated carbocycles. The lowest BCUT2D eigenvalue weighted by Gasteiger charge is -2.00. The topological polar surface area (TPSA) is 12.4 Å². The van der Waals surface area contributed by atoms with Crippen LogP contribution in [0.3, 0.4) is 0 Å². The molecule has 0 atom stereocenters. The first-order valence-electron chi connectivity index (χ1n) is 3.50. The van der Waals surface area contributed by atoms with Crippen LogP contribution in [0.5, 0.6) is 0 Å². The zero-order valence-electron chi connectivity index (χ0n) is 7.09. The molecule has 0 fully saturated rings. The standard InChI is InChI=1S/C8H15NS/c1-5-6-10-9-8(4)7(2)3/h5-7H,1-4H3/b6-5-,9-8+. The average Bonchev–Trinajstić information content (AvgIpc) is 1.88. The normalized spacial score (nSPS) is 13.5. The Morgan fingerprint density at radius 2 is 2.10 bits per heavy atom. The Bertz CT molecular complexity index is 136. The third-order valence-electron chi connectivity index (χ3n) is 1.23. The highest BCUT2D eigenvalue weighted by Crippen LogP contribution is 2.07. The predicted molar refractivity (Wildman–Crippen MR) is 50.4 cm³/mol. The number of hydrogen-bond donors (Lipinski definition) is 0. The van der Waals surface area contributed by atoms with Gasteiger partial charge >= 0.3 is 0 Å². The molecule has 0 rings (SSSR count). The first-order chi connectivity index (χ1) is 4.68. The van der Waals surface area contributed by atoms with E-state index < -0.39 is 0 Å². The van der Waals surface area contributed by atoms with E-state index >= 15 is 0 Å². The maximum Gasteiger partial charge on any atom is 0.0260 e. The molecule has 58 valence electrons. The lowest BCUT2D eigenvalue weighted by atomic mass is 10.1. The van der Waals surface area contributed by atoms with Crippen molar-refractivity contribution in [2.45, 2.75) is 27.7 Å². The van der Waals surface area contributed by atoms with Gasteiger partial charge in [-0.05, 0) is 25.2 Å². The van der Waals surface area contributed by atoms with Gasteiger partial charge in [-0.15, -0.1) is 0 Å². The summed E-state index contributed by atoms with van der Waals surface area (Å²) in [6, 6.07) is 0. The largest absolute Gasteiger partial charge is 0.221 e. The van der Waals surface area contributed by atoms with Crippen LogP contribution in [0.15, 0.2) is 15.9 Å². The summed E-state index contributed by atoms with van der Waals surface area (Å²) in [4.78, 5) is 0. The van der Waals surface area contributed by atoms with Crippen molar-refractivity contribution in [1.82, 2.24) is 0 Å². The van der Waals surface area contributed by atoms with Gasteiger partial charge in [0.25, 0.3) is 0 Å². The fraction of sp³-hybridized carbons (Fsp3) is 0.625. The van der Waals surface area contributed by atoms with Crippen molar-refractivity contribution < 1.29 is 0 Å². The molecular formula is C8H15NS. The molecule has 0 aromatic heterocycles. The highest BCUT2D eigenvalue weighted by Gasteiger charge is 1.95. The van der Waals surface area contributed by atoms with E-state index in [0.29, 0.717) is 5.92 Å². The number of rotatable bonds is 3. The Kier molecular flexibility index (Phi) is 5.40. The second-order valence-electron chi connectivity index (χ2n) is 2.46. The summed E-state index contributed by atoms with van der Waals surface area (Å²) < 4.78 is 4.26. The Hall–Kier alpha value is -0.240. The van der Waals surface area contributed by atoms with Gasteiger partial charge in [0, 0.05) is 17.7 Å². The molecule has 0 aromatic rings. The van der Waals surface area contributed by atoms with Crippen molar-refractivity contribution in [3.05, 3.63) is 11.5 Å². The van der Waals surface area contributed by atoms with Gasteiger partial charge < -0.3 is 0 Å². The number of hydrogen-bond acceptors (Lipinski definition) is 2. The molecule has 0 spiro atoms. The van der Waals surface area contributed by atoms with E-state index in [0.717, 1.165) is 0 Å². The average molecular weight is 157 g/mol. The van der Waals surface area contributed by atoms with E-state index in [4.69, 9.17) is 0 Å². The highest BCUT2D eigenvalue weighted by atomic mass is 32.2. The van der Waals surface area contributed by atoms with Gasteiger partial charge in [-0.25, -0.2) is 4.40 Å². The maximum atomic E-state index is 4.26. The Balaban J connectivity index is 3.68. The van der Waals surface area contributed by atoms with Crippen molar-refractivity contribution in [3.8, 4) is 0 Å². The molecule has 0 bridgehead atoms. The molecule has 0 unspecified atom stereocenters. The van der Waals surface area contributed by atoms with Crippen LogP contribution in [-0.2, 0) is 0 Å². The summed E-state index contributed by atoms with van der Waals surface area (Å²) in [5, 5.41) is 1.98. The molecule has 1 nitrogen and oxygen atoms in total. The van der Waals surface area contributed by atoms with Gasteiger partial charge in [-0.3, -0.25) is 0 Å². The van der Waals surface area contributed by atoms with Crippen molar-refractivity contribution in [2.24, 2.45) is 10.3 Å². The van der Waals surface area contributed by atoms with Crippen LogP contribution in [0, 0.1) is 5.92 Å². The smallest absolute Gasteiger partial charge is 0.0260 e. The van der Waals surface area contributed by atoms with E-state index in [1.807, 2.05) is 18.4 Å². The number of allylic oxidation sites excluding steroid dienone is 1. The molecule has 0 aliphatic carbocycles. The molecule has 0 aromatic carbocycles. The summed E-state index contributed by atoms with van der Waals surface area (Å²) >= 11 is 1.50. The predicted octanol–water partition coefficient (Wildman–Crippen LogP) is 3.29. The van der Waals surface area contributed by atoms with Crippen molar-refractivity contribution >= 4 is 17.7 Å². The van der Waals surface area contributed by atoms with Gasteiger partial charge in [0.05, 0.1) is 0 Å². The fourth-order valence-corrected chi connectivity index (χ4v) is 0.839. The van der Waals surface area contributed by atoms with Crippen LogP contribution in [0.4, 0.5) is 0 Å². The van der Waals surface area contributed by atoms with E-state index in [9.17, 15) is 0 Å². The molecule has 0 amide bonds. The van der Waals surface area contributed by atoms with Crippen molar-refractivity contribution in [2.75, 3.05) is 0 Å². The zero-order valence-corrected chi connectivity index (χ0v) is 7.90. The van der Waals surface area contributed by atoms with E-state index in [1.165, 1.54) is 17.7 Å². The molecule has 2 heteroatoms. The highest BCUT2D eigenvalue weighted by molar-refractivity contribution is 8.01. The molecule has 10 heavy (non-hydrogen) atoms. The lowest BCUT2D eigenvalue weighted by Crippen LogP contribution is -1.99. The second-order valence-corrected chi connectivity index (χ2v) is 3.13. The molecule has 0 N–H and O–H groups in total. The van der Waals surface area contributed by atoms with Crippen LogP contribution in [0.25, 0.3) is 0 Å². The van der Waals surface area contributed by atoms with Gasteiger partial charge in [-0.2, -0.15) is 0 Å². The third kappa shape index (κ3) is 4.62. The quantitative estimate of drug-likeness (QED) is 0.452. The fourth-order valence-electron chi connectivity index (χ4n) is 0.280. The van der Waals surface area contributed by atoms with Crippen LogP contribution in [0.1, 0.15) is 27.7 Å². The minimum atomic E-state index is 0.567. The molecule has 0 heterocycles. The second kappa shape index (κ2) is 5.54.